The van der Waals surface area contributed by atoms with Crippen LogP contribution in [0.1, 0.15) is 48.0 Å². The fourth-order valence-electron chi connectivity index (χ4n) is 2.80. The Labute approximate surface area is 132 Å². The monoisotopic (exact) mass is 309 g/mol. The van der Waals surface area contributed by atoms with Gasteiger partial charge in [0.25, 0.3) is 0 Å². The number of carbonyl (C=O) groups is 2. The van der Waals surface area contributed by atoms with E-state index in [4.69, 9.17) is 9.47 Å². The number of carbonyl (C=O) groups excluding carboxylic acids is 2. The lowest BCUT2D eigenvalue weighted by molar-refractivity contribution is -0.140. The van der Waals surface area contributed by atoms with Crippen molar-refractivity contribution in [1.29, 1.82) is 0 Å². The molecule has 0 saturated carbocycles. The summed E-state index contributed by atoms with van der Waals surface area (Å²) in [5, 5.41) is 3.12. The van der Waals surface area contributed by atoms with Gasteiger partial charge < -0.3 is 14.8 Å². The molecule has 1 aliphatic rings. The third-order valence-corrected chi connectivity index (χ3v) is 3.58. The molecule has 0 atom stereocenters. The first-order chi connectivity index (χ1) is 10.3. The lowest BCUT2D eigenvalue weighted by atomic mass is 9.80. The molecule has 0 unspecified atom stereocenters. The fraction of sp³-hybridized carbons (Fsp3) is 0.647. The summed E-state index contributed by atoms with van der Waals surface area (Å²) in [7, 11) is 0. The highest BCUT2D eigenvalue weighted by atomic mass is 16.5. The van der Waals surface area contributed by atoms with Crippen LogP contribution in [0.2, 0.25) is 0 Å². The van der Waals surface area contributed by atoms with Gasteiger partial charge in [0, 0.05) is 17.3 Å². The maximum atomic E-state index is 12.3. The van der Waals surface area contributed by atoms with E-state index in [0.717, 1.165) is 11.4 Å². The van der Waals surface area contributed by atoms with Crippen LogP contribution in [-0.2, 0) is 19.1 Å². The Morgan fingerprint density at radius 1 is 1.00 bits per heavy atom. The standard InChI is InChI=1S/C17H27NO4/c1-7-21-16(19)14-11(5)18-12(6)15(17(20)22-8-2)13(14)9-10(3)4/h10,13,18H,7-9H2,1-6H3. The van der Waals surface area contributed by atoms with Crippen molar-refractivity contribution in [2.75, 3.05) is 13.2 Å². The molecular weight excluding hydrogens is 282 g/mol. The minimum atomic E-state index is -0.368. The molecular formula is C17H27NO4. The van der Waals surface area contributed by atoms with Gasteiger partial charge in [0.2, 0.25) is 0 Å². The summed E-state index contributed by atoms with van der Waals surface area (Å²) >= 11 is 0. The average molecular weight is 309 g/mol. The van der Waals surface area contributed by atoms with E-state index in [1.54, 1.807) is 13.8 Å². The minimum Gasteiger partial charge on any atom is -0.463 e. The Balaban J connectivity index is 3.28. The van der Waals surface area contributed by atoms with Crippen LogP contribution in [0.4, 0.5) is 0 Å². The molecule has 0 aromatic heterocycles. The van der Waals surface area contributed by atoms with Crippen molar-refractivity contribution in [3.8, 4) is 0 Å². The predicted molar refractivity (Wildman–Crippen MR) is 84.7 cm³/mol. The van der Waals surface area contributed by atoms with Crippen molar-refractivity contribution in [3.63, 3.8) is 0 Å². The molecule has 22 heavy (non-hydrogen) atoms. The van der Waals surface area contributed by atoms with Gasteiger partial charge in [0.1, 0.15) is 0 Å². The Bertz CT molecular complexity index is 463. The number of hydrogen-bond acceptors (Lipinski definition) is 5. The Hall–Kier alpha value is -1.78. The van der Waals surface area contributed by atoms with Gasteiger partial charge in [0.05, 0.1) is 24.4 Å². The average Bonchev–Trinajstić information content (AvgIpc) is 2.37. The number of rotatable bonds is 6. The van der Waals surface area contributed by atoms with Gasteiger partial charge in [-0.1, -0.05) is 13.8 Å². The van der Waals surface area contributed by atoms with Crippen LogP contribution in [-0.4, -0.2) is 25.2 Å². The number of nitrogens with one attached hydrogen (secondary N) is 1. The van der Waals surface area contributed by atoms with Crippen molar-refractivity contribution in [3.05, 3.63) is 22.5 Å². The van der Waals surface area contributed by atoms with Crippen LogP contribution in [0.25, 0.3) is 0 Å². The molecule has 0 aromatic rings. The largest absolute Gasteiger partial charge is 0.463 e. The summed E-state index contributed by atoms with van der Waals surface area (Å²) in [4.78, 5) is 24.7. The maximum Gasteiger partial charge on any atom is 0.336 e. The maximum absolute atomic E-state index is 12.3. The van der Waals surface area contributed by atoms with Gasteiger partial charge >= 0.3 is 11.9 Å². The Morgan fingerprint density at radius 3 is 1.73 bits per heavy atom. The van der Waals surface area contributed by atoms with Crippen molar-refractivity contribution in [1.82, 2.24) is 5.32 Å². The first-order valence-corrected chi connectivity index (χ1v) is 7.86. The molecule has 0 spiro atoms. The van der Waals surface area contributed by atoms with E-state index in [1.807, 2.05) is 13.8 Å². The molecule has 124 valence electrons. The van der Waals surface area contributed by atoms with Crippen molar-refractivity contribution >= 4 is 11.9 Å². The zero-order valence-corrected chi connectivity index (χ0v) is 14.4. The highest BCUT2D eigenvalue weighted by Gasteiger charge is 2.36. The summed E-state index contributed by atoms with van der Waals surface area (Å²) < 4.78 is 10.4. The van der Waals surface area contributed by atoms with Crippen molar-refractivity contribution in [2.24, 2.45) is 11.8 Å². The highest BCUT2D eigenvalue weighted by Crippen LogP contribution is 2.35. The first-order valence-electron chi connectivity index (χ1n) is 7.86. The van der Waals surface area contributed by atoms with Crippen LogP contribution in [0.15, 0.2) is 22.5 Å². The number of dihydropyridines is 1. The highest BCUT2D eigenvalue weighted by molar-refractivity contribution is 5.97. The van der Waals surface area contributed by atoms with Gasteiger partial charge in [-0.25, -0.2) is 9.59 Å². The number of esters is 2. The second-order valence-electron chi connectivity index (χ2n) is 5.83. The van der Waals surface area contributed by atoms with E-state index in [1.165, 1.54) is 0 Å². The van der Waals surface area contributed by atoms with Crippen LogP contribution in [0, 0.1) is 11.8 Å². The van der Waals surface area contributed by atoms with Gasteiger partial charge in [-0.05, 0) is 40.0 Å². The van der Waals surface area contributed by atoms with Crippen molar-refractivity contribution in [2.45, 2.75) is 48.0 Å². The molecule has 1 heterocycles. The molecule has 1 N–H and O–H groups in total. The molecule has 0 bridgehead atoms. The van der Waals surface area contributed by atoms with Crippen LogP contribution in [0.5, 0.6) is 0 Å². The molecule has 5 nitrogen and oxygen atoms in total. The fourth-order valence-corrected chi connectivity index (χ4v) is 2.80. The Kier molecular flexibility index (Phi) is 6.65. The molecule has 1 aliphatic heterocycles. The first kappa shape index (κ1) is 18.3. The quantitative estimate of drug-likeness (QED) is 0.764. The summed E-state index contributed by atoms with van der Waals surface area (Å²) in [6.07, 6.45) is 0.693. The van der Waals surface area contributed by atoms with E-state index in [0.29, 0.717) is 36.7 Å². The normalized spacial score (nSPS) is 16.0. The SMILES string of the molecule is CCOC(=O)C1=C(C)NC(C)=C(C(=O)OCC)C1CC(C)C. The molecule has 0 aromatic carbocycles. The molecule has 0 saturated heterocycles. The second kappa shape index (κ2) is 8.01. The smallest absolute Gasteiger partial charge is 0.336 e. The van der Waals surface area contributed by atoms with E-state index >= 15 is 0 Å². The molecule has 0 amide bonds. The molecule has 5 heteroatoms. The zero-order chi connectivity index (χ0) is 16.9. The van der Waals surface area contributed by atoms with E-state index in [2.05, 4.69) is 19.2 Å². The number of hydrogen-bond donors (Lipinski definition) is 1. The van der Waals surface area contributed by atoms with Gasteiger partial charge in [-0.15, -0.1) is 0 Å². The van der Waals surface area contributed by atoms with E-state index in [9.17, 15) is 9.59 Å². The van der Waals surface area contributed by atoms with Crippen LogP contribution in [0.3, 0.4) is 0 Å². The van der Waals surface area contributed by atoms with Crippen LogP contribution >= 0.6 is 0 Å². The lowest BCUT2D eigenvalue weighted by Crippen LogP contribution is -2.34. The molecule has 0 radical (unpaired) electrons. The van der Waals surface area contributed by atoms with Crippen molar-refractivity contribution < 1.29 is 19.1 Å². The minimum absolute atomic E-state index is 0.292. The molecule has 1 rings (SSSR count). The third kappa shape index (κ3) is 4.12. The second-order valence-corrected chi connectivity index (χ2v) is 5.83. The van der Waals surface area contributed by atoms with E-state index < -0.39 is 0 Å². The summed E-state index contributed by atoms with van der Waals surface area (Å²) in [5.74, 6) is -0.697. The predicted octanol–water partition coefficient (Wildman–Crippen LogP) is 2.93. The van der Waals surface area contributed by atoms with E-state index in [-0.39, 0.29) is 17.9 Å². The molecule has 0 aliphatic carbocycles. The molecule has 0 fully saturated rings. The van der Waals surface area contributed by atoms with Gasteiger partial charge in [0.15, 0.2) is 0 Å². The number of allylic oxidation sites excluding steroid dienone is 2. The summed E-state index contributed by atoms with van der Waals surface area (Å²) in [6.45, 7) is 12.0. The number of ether oxygens (including phenoxy) is 2. The summed E-state index contributed by atoms with van der Waals surface area (Å²) in [6, 6.07) is 0. The topological polar surface area (TPSA) is 64.6 Å². The summed E-state index contributed by atoms with van der Waals surface area (Å²) in [5.41, 5.74) is 2.55. The zero-order valence-electron chi connectivity index (χ0n) is 14.4. The lowest BCUT2D eigenvalue weighted by Gasteiger charge is -2.31. The van der Waals surface area contributed by atoms with Gasteiger partial charge in [-0.3, -0.25) is 0 Å². The van der Waals surface area contributed by atoms with Crippen LogP contribution < -0.4 is 5.32 Å². The Morgan fingerprint density at radius 2 is 1.41 bits per heavy atom. The third-order valence-electron chi connectivity index (χ3n) is 3.58. The van der Waals surface area contributed by atoms with Gasteiger partial charge in [-0.2, -0.15) is 0 Å².